The van der Waals surface area contributed by atoms with E-state index in [1.54, 1.807) is 48.7 Å². The Morgan fingerprint density at radius 2 is 1.94 bits per heavy atom. The van der Waals surface area contributed by atoms with E-state index in [-0.39, 0.29) is 36.6 Å². The lowest BCUT2D eigenvalue weighted by Crippen LogP contribution is -2.44. The predicted molar refractivity (Wildman–Crippen MR) is 129 cm³/mol. The highest BCUT2D eigenvalue weighted by molar-refractivity contribution is 5.96. The molecule has 3 rings (SSSR count). The Labute approximate surface area is 199 Å². The summed E-state index contributed by atoms with van der Waals surface area (Å²) in [7, 11) is 0. The van der Waals surface area contributed by atoms with Crippen LogP contribution in [0.2, 0.25) is 0 Å². The SMILES string of the molecule is Cl.N=C(N)c1cccc(NC(C(=O)NCC(=O)NCCN2CCOCC2)c2ccccn2)c1. The van der Waals surface area contributed by atoms with E-state index in [4.69, 9.17) is 15.9 Å². The molecule has 2 amide bonds. The number of halogens is 1. The zero-order valence-electron chi connectivity index (χ0n) is 18.3. The van der Waals surface area contributed by atoms with E-state index in [2.05, 4.69) is 25.8 Å². The second-order valence-electron chi connectivity index (χ2n) is 7.35. The van der Waals surface area contributed by atoms with Crippen LogP contribution in [0.15, 0.2) is 48.7 Å². The molecule has 1 atom stereocenters. The van der Waals surface area contributed by atoms with Gasteiger partial charge in [-0.2, -0.15) is 0 Å². The average Bonchev–Trinajstić information content (AvgIpc) is 2.82. The molecule has 6 N–H and O–H groups in total. The highest BCUT2D eigenvalue weighted by Crippen LogP contribution is 2.19. The second kappa shape index (κ2) is 13.4. The molecule has 0 aliphatic carbocycles. The van der Waals surface area contributed by atoms with Gasteiger partial charge in [-0.3, -0.25) is 24.9 Å². The first kappa shape index (κ1) is 26.0. The zero-order chi connectivity index (χ0) is 22.8. The Hall–Kier alpha value is -3.21. The zero-order valence-corrected chi connectivity index (χ0v) is 19.1. The van der Waals surface area contributed by atoms with Crippen molar-refractivity contribution in [3.05, 3.63) is 59.9 Å². The second-order valence-corrected chi connectivity index (χ2v) is 7.35. The number of amides is 2. The van der Waals surface area contributed by atoms with Crippen LogP contribution in [0.5, 0.6) is 0 Å². The van der Waals surface area contributed by atoms with Crippen molar-refractivity contribution < 1.29 is 14.3 Å². The Bertz CT molecular complexity index is 923. The third kappa shape index (κ3) is 8.33. The number of hydrogen-bond acceptors (Lipinski definition) is 7. The number of aromatic nitrogens is 1. The van der Waals surface area contributed by atoms with E-state index in [1.165, 1.54) is 0 Å². The van der Waals surface area contributed by atoms with Gasteiger partial charge in [-0.15, -0.1) is 12.4 Å². The maximum absolute atomic E-state index is 12.9. The summed E-state index contributed by atoms with van der Waals surface area (Å²) in [6.07, 6.45) is 1.60. The molecule has 33 heavy (non-hydrogen) atoms. The number of rotatable bonds is 10. The van der Waals surface area contributed by atoms with Gasteiger partial charge in [-0.1, -0.05) is 18.2 Å². The fourth-order valence-corrected chi connectivity index (χ4v) is 3.27. The number of amidine groups is 1. The van der Waals surface area contributed by atoms with Gasteiger partial charge in [0.1, 0.15) is 11.9 Å². The van der Waals surface area contributed by atoms with Crippen LogP contribution in [0.4, 0.5) is 5.69 Å². The van der Waals surface area contributed by atoms with Crippen LogP contribution in [-0.4, -0.2) is 73.5 Å². The quantitative estimate of drug-likeness (QED) is 0.248. The summed E-state index contributed by atoms with van der Waals surface area (Å²) >= 11 is 0. The first-order valence-electron chi connectivity index (χ1n) is 10.5. The molecular weight excluding hydrogens is 446 g/mol. The molecule has 1 aliphatic heterocycles. The third-order valence-electron chi connectivity index (χ3n) is 5.01. The lowest BCUT2D eigenvalue weighted by atomic mass is 10.1. The lowest BCUT2D eigenvalue weighted by Gasteiger charge is -2.26. The number of nitrogens with zero attached hydrogens (tertiary/aromatic N) is 2. The van der Waals surface area contributed by atoms with E-state index in [9.17, 15) is 9.59 Å². The number of benzene rings is 1. The molecule has 0 spiro atoms. The minimum atomic E-state index is -0.820. The molecule has 1 saturated heterocycles. The Kier molecular flexibility index (Phi) is 10.5. The largest absolute Gasteiger partial charge is 0.384 e. The van der Waals surface area contributed by atoms with E-state index >= 15 is 0 Å². The summed E-state index contributed by atoms with van der Waals surface area (Å²) in [4.78, 5) is 31.6. The Morgan fingerprint density at radius 3 is 2.64 bits per heavy atom. The van der Waals surface area contributed by atoms with Crippen molar-refractivity contribution in [2.45, 2.75) is 6.04 Å². The number of carbonyl (C=O) groups is 2. The smallest absolute Gasteiger partial charge is 0.249 e. The van der Waals surface area contributed by atoms with Crippen molar-refractivity contribution in [3.8, 4) is 0 Å². The van der Waals surface area contributed by atoms with Crippen molar-refractivity contribution in [1.29, 1.82) is 5.41 Å². The van der Waals surface area contributed by atoms with E-state index in [1.807, 2.05) is 0 Å². The average molecular weight is 476 g/mol. The van der Waals surface area contributed by atoms with Gasteiger partial charge >= 0.3 is 0 Å². The number of hydrogen-bond donors (Lipinski definition) is 5. The molecular formula is C22H30ClN7O3. The standard InChI is InChI=1S/C22H29N7O3.ClH/c23-21(24)16-4-3-5-17(14-16)28-20(18-6-1-2-7-25-18)22(31)27-15-19(30)26-8-9-29-10-12-32-13-11-29;/h1-7,14,20,28H,8-13,15H2,(H3,23,24)(H,26,30)(H,27,31);1H. The van der Waals surface area contributed by atoms with Crippen molar-refractivity contribution in [2.75, 3.05) is 51.3 Å². The first-order valence-corrected chi connectivity index (χ1v) is 10.5. The molecule has 10 nitrogen and oxygen atoms in total. The van der Waals surface area contributed by atoms with Crippen molar-refractivity contribution in [3.63, 3.8) is 0 Å². The summed E-state index contributed by atoms with van der Waals surface area (Å²) in [5.74, 6) is -0.716. The minimum absolute atomic E-state index is 0. The van der Waals surface area contributed by atoms with Crippen LogP contribution in [0.3, 0.4) is 0 Å². The summed E-state index contributed by atoms with van der Waals surface area (Å²) in [6.45, 7) is 4.24. The minimum Gasteiger partial charge on any atom is -0.384 e. The van der Waals surface area contributed by atoms with Gasteiger partial charge in [0, 0.05) is 43.6 Å². The normalized spacial score (nSPS) is 14.4. The molecule has 1 unspecified atom stereocenters. The molecule has 0 saturated carbocycles. The summed E-state index contributed by atoms with van der Waals surface area (Å²) in [5, 5.41) is 16.2. The van der Waals surface area contributed by atoms with E-state index < -0.39 is 6.04 Å². The number of nitrogens with two attached hydrogens (primary N) is 1. The maximum Gasteiger partial charge on any atom is 0.249 e. The van der Waals surface area contributed by atoms with Crippen LogP contribution < -0.4 is 21.7 Å². The van der Waals surface area contributed by atoms with Crippen molar-refractivity contribution >= 4 is 35.7 Å². The maximum atomic E-state index is 12.9. The van der Waals surface area contributed by atoms with Gasteiger partial charge in [-0.05, 0) is 24.3 Å². The number of anilines is 1. The summed E-state index contributed by atoms with van der Waals surface area (Å²) < 4.78 is 5.31. The van der Waals surface area contributed by atoms with Crippen LogP contribution >= 0.6 is 12.4 Å². The van der Waals surface area contributed by atoms with Crippen LogP contribution in [-0.2, 0) is 14.3 Å². The molecule has 178 valence electrons. The summed E-state index contributed by atoms with van der Waals surface area (Å²) in [5.41, 5.74) is 7.22. The molecule has 0 radical (unpaired) electrons. The number of nitrogen functional groups attached to an aromatic ring is 1. The topological polar surface area (TPSA) is 145 Å². The van der Waals surface area contributed by atoms with Gasteiger partial charge in [-0.25, -0.2) is 0 Å². The van der Waals surface area contributed by atoms with E-state index in [0.717, 1.165) is 19.6 Å². The fourth-order valence-electron chi connectivity index (χ4n) is 3.27. The monoisotopic (exact) mass is 475 g/mol. The molecule has 1 aromatic carbocycles. The van der Waals surface area contributed by atoms with Gasteiger partial charge in [0.05, 0.1) is 25.5 Å². The molecule has 2 heterocycles. The lowest BCUT2D eigenvalue weighted by molar-refractivity contribution is -0.126. The Balaban J connectivity index is 0.00000385. The van der Waals surface area contributed by atoms with Crippen molar-refractivity contribution in [2.24, 2.45) is 5.73 Å². The van der Waals surface area contributed by atoms with E-state index in [0.29, 0.717) is 36.7 Å². The number of morpholine rings is 1. The number of nitrogens with one attached hydrogen (secondary N) is 4. The van der Waals surface area contributed by atoms with Gasteiger partial charge in [0.2, 0.25) is 11.8 Å². The van der Waals surface area contributed by atoms with Gasteiger partial charge < -0.3 is 26.4 Å². The van der Waals surface area contributed by atoms with Gasteiger partial charge in [0.25, 0.3) is 0 Å². The van der Waals surface area contributed by atoms with Crippen LogP contribution in [0, 0.1) is 5.41 Å². The van der Waals surface area contributed by atoms with Crippen LogP contribution in [0.25, 0.3) is 0 Å². The Morgan fingerprint density at radius 1 is 1.15 bits per heavy atom. The number of carbonyl (C=O) groups excluding carboxylic acids is 2. The molecule has 0 bridgehead atoms. The third-order valence-corrected chi connectivity index (χ3v) is 5.01. The fraction of sp³-hybridized carbons (Fsp3) is 0.364. The van der Waals surface area contributed by atoms with Crippen molar-refractivity contribution in [1.82, 2.24) is 20.5 Å². The summed E-state index contributed by atoms with van der Waals surface area (Å²) in [6, 6.07) is 11.4. The molecule has 11 heteroatoms. The number of ether oxygens (including phenoxy) is 1. The first-order chi connectivity index (χ1) is 15.5. The molecule has 1 aliphatic rings. The highest BCUT2D eigenvalue weighted by Gasteiger charge is 2.22. The highest BCUT2D eigenvalue weighted by atomic mass is 35.5. The molecule has 1 fully saturated rings. The van der Waals surface area contributed by atoms with Gasteiger partial charge in [0.15, 0.2) is 0 Å². The molecule has 1 aromatic heterocycles. The predicted octanol–water partition coefficient (Wildman–Crippen LogP) is 0.505. The molecule has 2 aromatic rings. The number of pyridine rings is 1. The van der Waals surface area contributed by atoms with Crippen LogP contribution in [0.1, 0.15) is 17.3 Å².